The van der Waals surface area contributed by atoms with Gasteiger partial charge in [-0.3, -0.25) is 0 Å². The van der Waals surface area contributed by atoms with E-state index in [1.807, 2.05) is 38.1 Å². The minimum Gasteiger partial charge on any atom is -0.101 e. The Morgan fingerprint density at radius 2 is 1.12 bits per heavy atom. The van der Waals surface area contributed by atoms with Crippen LogP contribution in [0.3, 0.4) is 0 Å². The van der Waals surface area contributed by atoms with E-state index >= 15 is 0 Å². The van der Waals surface area contributed by atoms with Crippen molar-refractivity contribution < 1.29 is 0 Å². The molecular weight excluding hydrogens is 192 g/mol. The molecule has 0 radical (unpaired) electrons. The Kier molecular flexibility index (Phi) is 2.95. The number of benzene rings is 2. The Bertz CT molecular complexity index is 582. The maximum Gasteiger partial charge on any atom is 0.0324 e. The van der Waals surface area contributed by atoms with Gasteiger partial charge in [0.25, 0.3) is 0 Å². The average molecular weight is 204 g/mol. The lowest BCUT2D eigenvalue weighted by molar-refractivity contribution is 1.66. The molecule has 0 heteroatoms. The molecule has 0 aromatic heterocycles. The van der Waals surface area contributed by atoms with Crippen LogP contribution in [0.4, 0.5) is 0 Å². The first kappa shape index (κ1) is 10.3. The van der Waals surface area contributed by atoms with Gasteiger partial charge in [0.2, 0.25) is 0 Å². The Balaban J connectivity index is 2.83. The summed E-state index contributed by atoms with van der Waals surface area (Å²) in [6, 6.07) is 12.3. The molecule has 2 aromatic rings. The number of fused-ring (bicyclic) bond motifs is 1. The zero-order valence-electron chi connectivity index (χ0n) is 9.46. The van der Waals surface area contributed by atoms with Crippen LogP contribution in [0.25, 0.3) is 10.8 Å². The van der Waals surface area contributed by atoms with Gasteiger partial charge in [0.05, 0.1) is 0 Å². The van der Waals surface area contributed by atoms with Crippen LogP contribution in [-0.4, -0.2) is 0 Å². The second-order valence-corrected chi connectivity index (χ2v) is 3.46. The van der Waals surface area contributed by atoms with Crippen molar-refractivity contribution in [1.82, 2.24) is 0 Å². The van der Waals surface area contributed by atoms with Gasteiger partial charge >= 0.3 is 0 Å². The SMILES string of the molecule is CC#Cc1ccc(C#CC)c2ccccc12. The molecule has 0 aliphatic carbocycles. The number of hydrogen-bond acceptors (Lipinski definition) is 0. The number of hydrogen-bond donors (Lipinski definition) is 0. The van der Waals surface area contributed by atoms with Gasteiger partial charge < -0.3 is 0 Å². The van der Waals surface area contributed by atoms with Crippen molar-refractivity contribution >= 4 is 10.8 Å². The third-order valence-corrected chi connectivity index (χ3v) is 2.44. The summed E-state index contributed by atoms with van der Waals surface area (Å²) in [5.74, 6) is 12.1. The van der Waals surface area contributed by atoms with E-state index in [1.165, 1.54) is 10.8 Å². The van der Waals surface area contributed by atoms with E-state index in [-0.39, 0.29) is 0 Å². The minimum absolute atomic E-state index is 1.07. The van der Waals surface area contributed by atoms with E-state index in [0.717, 1.165) is 11.1 Å². The van der Waals surface area contributed by atoms with Crippen LogP contribution < -0.4 is 0 Å². The monoisotopic (exact) mass is 204 g/mol. The van der Waals surface area contributed by atoms with Gasteiger partial charge in [0.1, 0.15) is 0 Å². The lowest BCUT2D eigenvalue weighted by Gasteiger charge is -2.03. The lowest BCUT2D eigenvalue weighted by atomic mass is 10.00. The summed E-state index contributed by atoms with van der Waals surface area (Å²) in [5.41, 5.74) is 2.14. The lowest BCUT2D eigenvalue weighted by Crippen LogP contribution is -1.84. The Hall–Kier alpha value is -2.18. The standard InChI is InChI=1S/C16H12/c1-3-7-13-11-12-14(8-4-2)16-10-6-5-9-15(13)16/h5-6,9-12H,1-2H3. The quantitative estimate of drug-likeness (QED) is 0.575. The molecule has 16 heavy (non-hydrogen) atoms. The van der Waals surface area contributed by atoms with Gasteiger partial charge in [0, 0.05) is 11.1 Å². The molecule has 0 atom stereocenters. The van der Waals surface area contributed by atoms with Crippen molar-refractivity contribution in [2.45, 2.75) is 13.8 Å². The van der Waals surface area contributed by atoms with Crippen LogP contribution in [0.5, 0.6) is 0 Å². The molecule has 0 bridgehead atoms. The predicted octanol–water partition coefficient (Wildman–Crippen LogP) is 3.58. The van der Waals surface area contributed by atoms with Gasteiger partial charge in [-0.25, -0.2) is 0 Å². The second-order valence-electron chi connectivity index (χ2n) is 3.46. The van der Waals surface area contributed by atoms with Gasteiger partial charge in [-0.1, -0.05) is 36.1 Å². The molecule has 2 rings (SSSR count). The Morgan fingerprint density at radius 1 is 0.688 bits per heavy atom. The summed E-state index contributed by atoms with van der Waals surface area (Å²) in [6.45, 7) is 3.71. The summed E-state index contributed by atoms with van der Waals surface area (Å²) >= 11 is 0. The first-order valence-corrected chi connectivity index (χ1v) is 5.24. The summed E-state index contributed by atoms with van der Waals surface area (Å²) in [7, 11) is 0. The number of rotatable bonds is 0. The highest BCUT2D eigenvalue weighted by molar-refractivity contribution is 5.92. The molecule has 0 N–H and O–H groups in total. The van der Waals surface area contributed by atoms with Gasteiger partial charge in [0.15, 0.2) is 0 Å². The molecule has 0 aliphatic heterocycles. The summed E-state index contributed by atoms with van der Waals surface area (Å²) in [4.78, 5) is 0. The van der Waals surface area contributed by atoms with Crippen molar-refractivity contribution in [2.75, 3.05) is 0 Å². The van der Waals surface area contributed by atoms with Crippen molar-refractivity contribution in [1.29, 1.82) is 0 Å². The van der Waals surface area contributed by atoms with Crippen molar-refractivity contribution in [3.63, 3.8) is 0 Å². The molecular formula is C16H12. The predicted molar refractivity (Wildman–Crippen MR) is 69.1 cm³/mol. The molecule has 0 heterocycles. The highest BCUT2D eigenvalue weighted by Crippen LogP contribution is 2.21. The molecule has 0 nitrogen and oxygen atoms in total. The van der Waals surface area contributed by atoms with E-state index in [1.54, 1.807) is 0 Å². The Morgan fingerprint density at radius 3 is 1.50 bits per heavy atom. The van der Waals surface area contributed by atoms with E-state index in [4.69, 9.17) is 0 Å². The van der Waals surface area contributed by atoms with Crippen LogP contribution in [0.15, 0.2) is 36.4 Å². The summed E-state index contributed by atoms with van der Waals surface area (Å²) in [5, 5.41) is 2.36. The summed E-state index contributed by atoms with van der Waals surface area (Å²) in [6.07, 6.45) is 0. The minimum atomic E-state index is 1.07. The second kappa shape index (κ2) is 4.56. The highest BCUT2D eigenvalue weighted by atomic mass is 14.0. The molecule has 0 amide bonds. The van der Waals surface area contributed by atoms with E-state index in [2.05, 4.69) is 35.8 Å². The van der Waals surface area contributed by atoms with E-state index in [0.29, 0.717) is 0 Å². The van der Waals surface area contributed by atoms with Crippen LogP contribution in [0.2, 0.25) is 0 Å². The normalized spacial score (nSPS) is 8.88. The fraction of sp³-hybridized carbons (Fsp3) is 0.125. The summed E-state index contributed by atoms with van der Waals surface area (Å²) < 4.78 is 0. The molecule has 0 saturated heterocycles. The van der Waals surface area contributed by atoms with Gasteiger partial charge in [-0.15, -0.1) is 11.8 Å². The van der Waals surface area contributed by atoms with Crippen molar-refractivity contribution in [2.24, 2.45) is 0 Å². The molecule has 0 unspecified atom stereocenters. The van der Waals surface area contributed by atoms with E-state index in [9.17, 15) is 0 Å². The molecule has 0 saturated carbocycles. The highest BCUT2D eigenvalue weighted by Gasteiger charge is 2.01. The largest absolute Gasteiger partial charge is 0.101 e. The van der Waals surface area contributed by atoms with Crippen LogP contribution in [-0.2, 0) is 0 Å². The van der Waals surface area contributed by atoms with Gasteiger partial charge in [-0.2, -0.15) is 0 Å². The fourth-order valence-corrected chi connectivity index (χ4v) is 1.79. The Labute approximate surface area is 96.3 Å². The topological polar surface area (TPSA) is 0 Å². The molecule has 76 valence electrons. The zero-order valence-corrected chi connectivity index (χ0v) is 9.46. The first-order valence-electron chi connectivity index (χ1n) is 5.24. The van der Waals surface area contributed by atoms with Crippen LogP contribution in [0.1, 0.15) is 25.0 Å². The molecule has 0 aliphatic rings. The average Bonchev–Trinajstić information content (AvgIpc) is 2.33. The smallest absolute Gasteiger partial charge is 0.0324 e. The molecule has 2 aromatic carbocycles. The first-order chi connectivity index (χ1) is 7.86. The van der Waals surface area contributed by atoms with Crippen LogP contribution in [0, 0.1) is 23.7 Å². The maximum absolute atomic E-state index is 3.12. The van der Waals surface area contributed by atoms with Crippen LogP contribution >= 0.6 is 0 Å². The van der Waals surface area contributed by atoms with E-state index < -0.39 is 0 Å². The van der Waals surface area contributed by atoms with Crippen molar-refractivity contribution in [3.05, 3.63) is 47.5 Å². The molecule has 0 spiro atoms. The maximum atomic E-state index is 3.12. The fourth-order valence-electron chi connectivity index (χ4n) is 1.79. The third kappa shape index (κ3) is 1.79. The third-order valence-electron chi connectivity index (χ3n) is 2.44. The molecule has 0 fully saturated rings. The van der Waals surface area contributed by atoms with Crippen molar-refractivity contribution in [3.8, 4) is 23.7 Å². The zero-order chi connectivity index (χ0) is 11.4. The van der Waals surface area contributed by atoms with Gasteiger partial charge in [-0.05, 0) is 36.8 Å².